The molecule has 1 aromatic carbocycles. The highest BCUT2D eigenvalue weighted by molar-refractivity contribution is 6.11. The fourth-order valence-electron chi connectivity index (χ4n) is 7.01. The number of nitrogens with zero attached hydrogens (tertiary/aromatic N) is 1. The molecule has 4 fully saturated rings. The Balaban J connectivity index is 1.71. The first-order chi connectivity index (χ1) is 12.1. The normalized spacial score (nSPS) is 48.2. The molecule has 25 heavy (non-hydrogen) atoms. The van der Waals surface area contributed by atoms with Gasteiger partial charge in [0.05, 0.1) is 12.7 Å². The van der Waals surface area contributed by atoms with Crippen molar-refractivity contribution >= 4 is 23.8 Å². The van der Waals surface area contributed by atoms with Gasteiger partial charge in [0, 0.05) is 30.6 Å². The van der Waals surface area contributed by atoms with Gasteiger partial charge >= 0.3 is 0 Å². The van der Waals surface area contributed by atoms with Crippen LogP contribution >= 0.6 is 0 Å². The predicted octanol–water partition coefficient (Wildman–Crippen LogP) is 0.567. The number of rotatable bonds is 1. The summed E-state index contributed by atoms with van der Waals surface area (Å²) >= 11 is 0. The summed E-state index contributed by atoms with van der Waals surface area (Å²) in [5.74, 6) is -0.461. The molecular formula is C19H18N2O4. The summed E-state index contributed by atoms with van der Waals surface area (Å²) in [4.78, 5) is 40.5. The van der Waals surface area contributed by atoms with Gasteiger partial charge in [-0.25, -0.2) is 0 Å². The minimum Gasteiger partial charge on any atom is -0.376 e. The molecule has 1 spiro atoms. The smallest absolute Gasteiger partial charge is 0.238 e. The van der Waals surface area contributed by atoms with Crippen molar-refractivity contribution in [2.24, 2.45) is 23.2 Å². The van der Waals surface area contributed by atoms with Crippen LogP contribution in [0.15, 0.2) is 24.3 Å². The lowest BCUT2D eigenvalue weighted by atomic mass is 9.51. The average Bonchev–Trinajstić information content (AvgIpc) is 3.08. The molecule has 7 unspecified atom stereocenters. The van der Waals surface area contributed by atoms with E-state index >= 15 is 0 Å². The fourth-order valence-corrected chi connectivity index (χ4v) is 7.01. The molecule has 0 radical (unpaired) electrons. The fraction of sp³-hybridized carbons (Fsp3) is 0.526. The van der Waals surface area contributed by atoms with E-state index in [1.54, 1.807) is 11.9 Å². The molecule has 2 saturated heterocycles. The van der Waals surface area contributed by atoms with Crippen molar-refractivity contribution in [3.05, 3.63) is 29.8 Å². The standard InChI is InChI=1S/C19H18N2O4/c1-21-14-9-7-25-13-6-11(9)18(8-22,17(21)24)15(14)19(13)10-4-2-3-5-12(10)20-16(19)23/h2-5,8-9,11,13-15H,6-7H2,1H3,(H,20,23). The quantitative estimate of drug-likeness (QED) is 0.600. The first-order valence-corrected chi connectivity index (χ1v) is 8.84. The number of piperidine rings is 1. The zero-order valence-electron chi connectivity index (χ0n) is 13.8. The molecule has 0 aromatic heterocycles. The summed E-state index contributed by atoms with van der Waals surface area (Å²) in [7, 11) is 1.77. The lowest BCUT2D eigenvalue weighted by Crippen LogP contribution is -2.64. The lowest BCUT2D eigenvalue weighted by Gasteiger charge is -2.52. The Labute approximate surface area is 144 Å². The number of ether oxygens (including phenoxy) is 1. The molecule has 1 N–H and O–H groups in total. The van der Waals surface area contributed by atoms with Crippen LogP contribution in [0.3, 0.4) is 0 Å². The third kappa shape index (κ3) is 1.13. The van der Waals surface area contributed by atoms with Crippen LogP contribution in [-0.2, 0) is 24.5 Å². The minimum absolute atomic E-state index is 0.00589. The van der Waals surface area contributed by atoms with Crippen molar-refractivity contribution in [2.45, 2.75) is 24.0 Å². The first kappa shape index (κ1) is 14.0. The van der Waals surface area contributed by atoms with E-state index in [1.165, 1.54) is 0 Å². The summed E-state index contributed by atoms with van der Waals surface area (Å²) in [6.45, 7) is 0.515. The van der Waals surface area contributed by atoms with Gasteiger partial charge in [-0.1, -0.05) is 18.2 Å². The van der Waals surface area contributed by atoms with Crippen LogP contribution < -0.4 is 5.32 Å². The third-order valence-electron chi connectivity index (χ3n) is 7.71. The number of likely N-dealkylation sites (tertiary alicyclic amines) is 1. The molecule has 6 nitrogen and oxygen atoms in total. The highest BCUT2D eigenvalue weighted by atomic mass is 16.5. The number of nitrogens with one attached hydrogen (secondary N) is 1. The van der Waals surface area contributed by atoms with Crippen molar-refractivity contribution in [1.82, 2.24) is 4.90 Å². The summed E-state index contributed by atoms with van der Waals surface area (Å²) in [6, 6.07) is 7.52. The number of fused-ring (bicyclic) bond motifs is 5. The van der Waals surface area contributed by atoms with Crippen LogP contribution in [0, 0.1) is 23.2 Å². The Morgan fingerprint density at radius 2 is 2.12 bits per heavy atom. The van der Waals surface area contributed by atoms with Crippen molar-refractivity contribution in [3.63, 3.8) is 0 Å². The predicted molar refractivity (Wildman–Crippen MR) is 86.6 cm³/mol. The zero-order valence-corrected chi connectivity index (χ0v) is 13.8. The van der Waals surface area contributed by atoms with Gasteiger partial charge in [-0.2, -0.15) is 0 Å². The summed E-state index contributed by atoms with van der Waals surface area (Å²) in [6.07, 6.45) is 1.18. The molecule has 2 aliphatic carbocycles. The Morgan fingerprint density at radius 3 is 2.92 bits per heavy atom. The molecule has 128 valence electrons. The number of para-hydroxylation sites is 1. The minimum atomic E-state index is -1.08. The van der Waals surface area contributed by atoms with Crippen LogP contribution in [0.5, 0.6) is 0 Å². The molecule has 7 atom stereocenters. The van der Waals surface area contributed by atoms with E-state index in [9.17, 15) is 14.4 Å². The molecular weight excluding hydrogens is 320 g/mol. The largest absolute Gasteiger partial charge is 0.376 e. The molecule has 5 bridgehead atoms. The van der Waals surface area contributed by atoms with Gasteiger partial charge in [0.1, 0.15) is 17.1 Å². The number of aldehydes is 1. The maximum absolute atomic E-state index is 13.3. The van der Waals surface area contributed by atoms with E-state index in [-0.39, 0.29) is 41.7 Å². The highest BCUT2D eigenvalue weighted by Gasteiger charge is 2.84. The van der Waals surface area contributed by atoms with E-state index < -0.39 is 10.8 Å². The SMILES string of the molecule is CN1C(=O)C2(C=O)C3CC4OCC3C1C2C41C(=O)Nc2ccccc21. The second-order valence-electron chi connectivity index (χ2n) is 8.13. The van der Waals surface area contributed by atoms with Gasteiger partial charge < -0.3 is 19.7 Å². The first-order valence-electron chi connectivity index (χ1n) is 8.84. The Kier molecular flexibility index (Phi) is 2.22. The van der Waals surface area contributed by atoms with Crippen molar-refractivity contribution in [2.75, 3.05) is 19.0 Å². The highest BCUT2D eigenvalue weighted by Crippen LogP contribution is 2.72. The molecule has 6 heteroatoms. The number of benzene rings is 1. The Morgan fingerprint density at radius 1 is 1.32 bits per heavy atom. The maximum Gasteiger partial charge on any atom is 0.238 e. The van der Waals surface area contributed by atoms with Crippen LogP contribution in [0.1, 0.15) is 12.0 Å². The number of carbonyl (C=O) groups excluding carboxylic acids is 3. The summed E-state index contributed by atoms with van der Waals surface area (Å²) in [5, 5.41) is 3.00. The van der Waals surface area contributed by atoms with Gasteiger partial charge in [-0.3, -0.25) is 9.59 Å². The van der Waals surface area contributed by atoms with Crippen molar-refractivity contribution in [1.29, 1.82) is 0 Å². The van der Waals surface area contributed by atoms with E-state index in [0.717, 1.165) is 17.5 Å². The lowest BCUT2D eigenvalue weighted by molar-refractivity contribution is -0.174. The number of anilines is 1. The second kappa shape index (κ2) is 3.96. The molecule has 3 heterocycles. The van der Waals surface area contributed by atoms with E-state index in [0.29, 0.717) is 13.0 Å². The summed E-state index contributed by atoms with van der Waals surface area (Å²) < 4.78 is 6.18. The van der Waals surface area contributed by atoms with E-state index in [4.69, 9.17) is 4.74 Å². The number of carbonyl (C=O) groups is 3. The average molecular weight is 338 g/mol. The van der Waals surface area contributed by atoms with Gasteiger partial charge in [0.25, 0.3) is 0 Å². The van der Waals surface area contributed by atoms with Crippen LogP contribution in [0.4, 0.5) is 5.69 Å². The maximum atomic E-state index is 13.3. The van der Waals surface area contributed by atoms with E-state index in [2.05, 4.69) is 5.32 Å². The van der Waals surface area contributed by atoms with Gasteiger partial charge in [0.15, 0.2) is 0 Å². The van der Waals surface area contributed by atoms with Crippen LogP contribution in [0.25, 0.3) is 0 Å². The Hall–Kier alpha value is -2.21. The number of hydrogen-bond acceptors (Lipinski definition) is 4. The molecule has 2 amide bonds. The van der Waals surface area contributed by atoms with E-state index in [1.807, 2.05) is 24.3 Å². The third-order valence-corrected chi connectivity index (χ3v) is 7.71. The van der Waals surface area contributed by atoms with Gasteiger partial charge in [-0.05, 0) is 24.0 Å². The molecule has 6 rings (SSSR count). The number of hydrogen-bond donors (Lipinski definition) is 1. The Bertz CT molecular complexity index is 869. The zero-order chi connectivity index (χ0) is 17.1. The molecule has 5 aliphatic rings. The molecule has 1 aromatic rings. The van der Waals surface area contributed by atoms with Crippen LogP contribution in [-0.4, -0.2) is 48.8 Å². The second-order valence-corrected chi connectivity index (χ2v) is 8.13. The van der Waals surface area contributed by atoms with Crippen LogP contribution in [0.2, 0.25) is 0 Å². The molecule has 3 aliphatic heterocycles. The number of amides is 2. The van der Waals surface area contributed by atoms with Gasteiger partial charge in [0.2, 0.25) is 11.8 Å². The summed E-state index contributed by atoms with van der Waals surface area (Å²) in [5.41, 5.74) is -0.375. The topological polar surface area (TPSA) is 75.7 Å². The molecule has 2 saturated carbocycles. The monoisotopic (exact) mass is 338 g/mol. The van der Waals surface area contributed by atoms with Crippen molar-refractivity contribution in [3.8, 4) is 0 Å². The van der Waals surface area contributed by atoms with Crippen molar-refractivity contribution < 1.29 is 19.1 Å². The van der Waals surface area contributed by atoms with Gasteiger partial charge in [-0.15, -0.1) is 0 Å².